The summed E-state index contributed by atoms with van der Waals surface area (Å²) < 4.78 is 15.6. The van der Waals surface area contributed by atoms with E-state index >= 15 is 0 Å². The summed E-state index contributed by atoms with van der Waals surface area (Å²) >= 11 is 1.28. The zero-order valence-electron chi connectivity index (χ0n) is 24.9. The molecule has 0 spiro atoms. The lowest BCUT2D eigenvalue weighted by atomic mass is 9.98. The van der Waals surface area contributed by atoms with E-state index in [-0.39, 0.29) is 24.2 Å². The number of imidazole rings is 1. The predicted molar refractivity (Wildman–Crippen MR) is 171 cm³/mol. The number of nitrogens with one attached hydrogen (secondary N) is 1. The number of anilines is 3. The molecule has 0 unspecified atom stereocenters. The molecule has 7 rings (SSSR count). The van der Waals surface area contributed by atoms with Gasteiger partial charge in [0.25, 0.3) is 0 Å². The quantitative estimate of drug-likeness (QED) is 0.237. The number of fused-ring (bicyclic) bond motifs is 1. The average molecular weight is 623 g/mol. The van der Waals surface area contributed by atoms with Gasteiger partial charge in [-0.15, -0.1) is 0 Å². The van der Waals surface area contributed by atoms with E-state index in [0.29, 0.717) is 40.8 Å². The van der Waals surface area contributed by atoms with E-state index < -0.39 is 5.54 Å². The second-order valence-corrected chi connectivity index (χ2v) is 12.6. The van der Waals surface area contributed by atoms with Crippen molar-refractivity contribution in [3.8, 4) is 28.5 Å². The number of thiazole rings is 1. The van der Waals surface area contributed by atoms with Crippen molar-refractivity contribution in [3.63, 3.8) is 0 Å². The molecule has 1 aliphatic heterocycles. The van der Waals surface area contributed by atoms with Crippen molar-refractivity contribution in [2.24, 2.45) is 5.92 Å². The van der Waals surface area contributed by atoms with Crippen LogP contribution in [0.3, 0.4) is 0 Å². The Morgan fingerprint density at radius 2 is 1.87 bits per heavy atom. The molecule has 2 fully saturated rings. The minimum absolute atomic E-state index is 0.00329. The number of halogens is 1. The number of amides is 1. The van der Waals surface area contributed by atoms with E-state index in [4.69, 9.17) is 15.0 Å². The summed E-state index contributed by atoms with van der Waals surface area (Å²) in [4.78, 5) is 31.4. The number of hydrogen-bond acceptors (Lipinski definition) is 9. The summed E-state index contributed by atoms with van der Waals surface area (Å²) in [6.07, 6.45) is 6.24. The van der Waals surface area contributed by atoms with Gasteiger partial charge in [0.1, 0.15) is 39.7 Å². The molecule has 0 atom stereocenters. The number of nitriles is 1. The number of hydrogen-bond donors (Lipinski definition) is 2. The van der Waals surface area contributed by atoms with E-state index in [1.807, 2.05) is 53.0 Å². The van der Waals surface area contributed by atoms with Crippen LogP contribution in [0, 0.1) is 23.1 Å². The van der Waals surface area contributed by atoms with E-state index in [2.05, 4.69) is 23.2 Å². The Morgan fingerprint density at radius 1 is 1.13 bits per heavy atom. The Labute approximate surface area is 263 Å². The molecular weight excluding hydrogens is 591 g/mol. The number of aliphatic hydroxyl groups is 1. The van der Waals surface area contributed by atoms with E-state index in [0.717, 1.165) is 46.9 Å². The number of aryl methyl sites for hydroxylation is 1. The molecule has 1 saturated carbocycles. The molecule has 5 aromatic rings. The molecule has 1 amide bonds. The van der Waals surface area contributed by atoms with Crippen LogP contribution in [-0.4, -0.2) is 62.6 Å². The summed E-state index contributed by atoms with van der Waals surface area (Å²) in [6, 6.07) is 16.2. The van der Waals surface area contributed by atoms with E-state index in [9.17, 15) is 19.6 Å². The maximum absolute atomic E-state index is 13.5. The van der Waals surface area contributed by atoms with Crippen molar-refractivity contribution in [3.05, 3.63) is 77.3 Å². The maximum Gasteiger partial charge on any atom is 0.227 e. The second kappa shape index (κ2) is 11.3. The summed E-state index contributed by atoms with van der Waals surface area (Å²) in [5.74, 6) is 1.22. The van der Waals surface area contributed by atoms with Gasteiger partial charge in [-0.2, -0.15) is 5.26 Å². The first-order valence-electron chi connectivity index (χ1n) is 14.9. The van der Waals surface area contributed by atoms with Gasteiger partial charge in [0.15, 0.2) is 5.13 Å². The van der Waals surface area contributed by atoms with E-state index in [1.165, 1.54) is 23.5 Å². The normalized spacial score (nSPS) is 15.5. The monoisotopic (exact) mass is 622 g/mol. The van der Waals surface area contributed by atoms with Crippen LogP contribution < -0.4 is 15.1 Å². The van der Waals surface area contributed by atoms with Crippen molar-refractivity contribution >= 4 is 39.7 Å². The number of aliphatic hydroxyl groups excluding tert-OH is 1. The molecule has 228 valence electrons. The number of nitrogens with zero attached hydrogens (tertiary/aromatic N) is 7. The Hall–Kier alpha value is -4.86. The third kappa shape index (κ3) is 5.28. The lowest BCUT2D eigenvalue weighted by Gasteiger charge is -2.39. The molecule has 4 aromatic heterocycles. The smallest absolute Gasteiger partial charge is 0.227 e. The van der Waals surface area contributed by atoms with Gasteiger partial charge >= 0.3 is 0 Å². The fourth-order valence-corrected chi connectivity index (χ4v) is 6.53. The molecule has 1 aliphatic carbocycles. The first kappa shape index (κ1) is 28.9. The molecule has 2 aliphatic rings. The molecular formula is C33H31FN8O2S. The van der Waals surface area contributed by atoms with Crippen LogP contribution >= 0.6 is 11.3 Å². The number of benzene rings is 1. The Morgan fingerprint density at radius 3 is 2.51 bits per heavy atom. The minimum atomic E-state index is -0.396. The van der Waals surface area contributed by atoms with Crippen molar-refractivity contribution in [1.29, 1.82) is 5.26 Å². The lowest BCUT2D eigenvalue weighted by molar-refractivity contribution is -0.127. The first-order chi connectivity index (χ1) is 21.8. The topological polar surface area (TPSA) is 123 Å². The fraction of sp³-hybridized carbons (Fsp3) is 0.303. The summed E-state index contributed by atoms with van der Waals surface area (Å²) in [7, 11) is 1.91. The first-order valence-corrected chi connectivity index (χ1v) is 15.7. The predicted octanol–water partition coefficient (Wildman–Crippen LogP) is 4.94. The van der Waals surface area contributed by atoms with Crippen LogP contribution in [0.1, 0.15) is 30.3 Å². The zero-order valence-corrected chi connectivity index (χ0v) is 25.7. The highest BCUT2D eigenvalue weighted by atomic mass is 32.1. The van der Waals surface area contributed by atoms with Crippen LogP contribution in [0.15, 0.2) is 60.9 Å². The number of carbonyl (C=O) groups excluding carboxylic acids is 1. The van der Waals surface area contributed by atoms with Gasteiger partial charge < -0.3 is 20.2 Å². The van der Waals surface area contributed by atoms with Gasteiger partial charge in [0, 0.05) is 49.2 Å². The van der Waals surface area contributed by atoms with Crippen molar-refractivity contribution in [1.82, 2.24) is 24.7 Å². The molecule has 0 radical (unpaired) electrons. The summed E-state index contributed by atoms with van der Waals surface area (Å²) in [5.41, 5.74) is 4.39. The molecule has 2 N–H and O–H groups in total. The molecule has 1 saturated heterocycles. The van der Waals surface area contributed by atoms with Crippen LogP contribution in [0.2, 0.25) is 0 Å². The summed E-state index contributed by atoms with van der Waals surface area (Å²) in [5, 5.41) is 23.0. The number of carbonyl (C=O) groups is 1. The zero-order chi connectivity index (χ0) is 31.3. The second-order valence-electron chi connectivity index (χ2n) is 11.7. The number of pyridine rings is 2. The van der Waals surface area contributed by atoms with Crippen molar-refractivity contribution in [2.45, 2.75) is 31.7 Å². The standard InChI is InChI=1S/C33H31FN8O2S/c1-3-25-31(40(2)32-38-29(26(14-35)45-32)20-4-8-24(34)9-5-20)42-18-22(7-11-28(42)37-25)21-6-10-27(36-15-21)41-16-23(17-41)30(44)39-33(19-43)12-13-33/h4-11,15,18,23,43H,3,12-13,16-17,19H2,1-2H3,(H,39,44). The highest BCUT2D eigenvalue weighted by Gasteiger charge is 2.46. The lowest BCUT2D eigenvalue weighted by Crippen LogP contribution is -2.56. The number of rotatable bonds is 9. The van der Waals surface area contributed by atoms with Gasteiger partial charge in [0.2, 0.25) is 5.91 Å². The third-order valence-corrected chi connectivity index (χ3v) is 9.68. The summed E-state index contributed by atoms with van der Waals surface area (Å²) in [6.45, 7) is 3.24. The van der Waals surface area contributed by atoms with E-state index in [1.54, 1.807) is 12.1 Å². The molecule has 45 heavy (non-hydrogen) atoms. The SMILES string of the molecule is CCc1nc2ccc(-c3ccc(N4CC(C(=O)NC5(CO)CC5)C4)nc3)cn2c1N(C)c1nc(-c2ccc(F)cc2)c(C#N)s1. The molecule has 5 heterocycles. The molecule has 0 bridgehead atoms. The van der Waals surface area contributed by atoms with Crippen LogP contribution in [0.5, 0.6) is 0 Å². The third-order valence-electron chi connectivity index (χ3n) is 8.64. The van der Waals surface area contributed by atoms with Gasteiger partial charge in [-0.3, -0.25) is 9.20 Å². The number of aromatic nitrogens is 4. The van der Waals surface area contributed by atoms with Crippen molar-refractivity contribution in [2.75, 3.05) is 36.5 Å². The largest absolute Gasteiger partial charge is 0.394 e. The van der Waals surface area contributed by atoms with Crippen LogP contribution in [-0.2, 0) is 11.2 Å². The fourth-order valence-electron chi connectivity index (χ4n) is 5.68. The minimum Gasteiger partial charge on any atom is -0.394 e. The van der Waals surface area contributed by atoms with Gasteiger partial charge in [0.05, 0.1) is 23.8 Å². The Balaban J connectivity index is 1.12. The Bertz CT molecular complexity index is 1940. The highest BCUT2D eigenvalue weighted by Crippen LogP contribution is 2.38. The van der Waals surface area contributed by atoms with Crippen LogP contribution in [0.25, 0.3) is 28.0 Å². The average Bonchev–Trinajstić information content (AvgIpc) is 3.50. The van der Waals surface area contributed by atoms with Crippen molar-refractivity contribution < 1.29 is 14.3 Å². The Kier molecular flexibility index (Phi) is 7.22. The molecule has 12 heteroatoms. The maximum atomic E-state index is 13.5. The van der Waals surface area contributed by atoms with Gasteiger partial charge in [-0.05, 0) is 67.8 Å². The molecule has 10 nitrogen and oxygen atoms in total. The van der Waals surface area contributed by atoms with Gasteiger partial charge in [-0.1, -0.05) is 18.3 Å². The van der Waals surface area contributed by atoms with Gasteiger partial charge in [-0.25, -0.2) is 19.3 Å². The molecule has 1 aromatic carbocycles. The van der Waals surface area contributed by atoms with Crippen LogP contribution in [0.4, 0.5) is 21.2 Å². The highest BCUT2D eigenvalue weighted by molar-refractivity contribution is 7.16.